The lowest BCUT2D eigenvalue weighted by Crippen LogP contribution is -2.53. The predicted octanol–water partition coefficient (Wildman–Crippen LogP) is 5.86. The molecule has 1 amide bonds. The SMILES string of the molecule is CC(C)(C)c1cccc(C2(NCC(O)C(Cc3cc(F)cc(F)c3)NC(=O)CC3CCCC3=O)CCCCC2)c1. The molecule has 0 saturated heterocycles. The van der Waals surface area contributed by atoms with E-state index in [9.17, 15) is 23.5 Å². The molecule has 2 saturated carbocycles. The number of ketones is 1. The molecule has 0 heterocycles. The van der Waals surface area contributed by atoms with Crippen molar-refractivity contribution in [1.82, 2.24) is 10.6 Å². The molecule has 2 aliphatic carbocycles. The molecular formula is C33H44F2N2O3. The standard InChI is InChI=1S/C33H44F2N2O3/c1-32(2,3)24-10-8-11-25(19-24)33(13-5-4-6-14-33)36-21-30(39)28(17-22-15-26(34)20-27(35)16-22)37-31(40)18-23-9-7-12-29(23)38/h8,10-11,15-16,19-20,23,28,30,36,39H,4-7,9,12-14,17-18,21H2,1-3H3,(H,37,40). The Morgan fingerprint density at radius 2 is 1.75 bits per heavy atom. The lowest BCUT2D eigenvalue weighted by molar-refractivity contribution is -0.128. The number of hydrogen-bond acceptors (Lipinski definition) is 4. The first kappa shape index (κ1) is 30.3. The van der Waals surface area contributed by atoms with E-state index in [1.807, 2.05) is 0 Å². The molecule has 0 aliphatic heterocycles. The maximum absolute atomic E-state index is 14.0. The fraction of sp³-hybridized carbons (Fsp3) is 0.576. The summed E-state index contributed by atoms with van der Waals surface area (Å²) in [6.07, 6.45) is 6.25. The molecule has 2 aromatic rings. The molecule has 2 fully saturated rings. The molecular weight excluding hydrogens is 510 g/mol. The van der Waals surface area contributed by atoms with Gasteiger partial charge in [0, 0.05) is 36.9 Å². The Kier molecular flexibility index (Phi) is 9.78. The van der Waals surface area contributed by atoms with Crippen LogP contribution in [0.1, 0.15) is 95.2 Å². The summed E-state index contributed by atoms with van der Waals surface area (Å²) in [7, 11) is 0. The van der Waals surface area contributed by atoms with Crippen molar-refractivity contribution in [3.8, 4) is 0 Å². The van der Waals surface area contributed by atoms with Gasteiger partial charge in [-0.2, -0.15) is 0 Å². The van der Waals surface area contributed by atoms with Crippen LogP contribution in [0.25, 0.3) is 0 Å². The Hall–Kier alpha value is -2.64. The summed E-state index contributed by atoms with van der Waals surface area (Å²) < 4.78 is 27.9. The Morgan fingerprint density at radius 1 is 1.05 bits per heavy atom. The van der Waals surface area contributed by atoms with E-state index < -0.39 is 23.8 Å². The van der Waals surface area contributed by atoms with Crippen LogP contribution in [-0.4, -0.2) is 35.5 Å². The highest BCUT2D eigenvalue weighted by atomic mass is 19.1. The number of aliphatic hydroxyl groups is 1. The summed E-state index contributed by atoms with van der Waals surface area (Å²) in [6.45, 7) is 6.78. The predicted molar refractivity (Wildman–Crippen MR) is 153 cm³/mol. The van der Waals surface area contributed by atoms with Crippen molar-refractivity contribution in [1.29, 1.82) is 0 Å². The van der Waals surface area contributed by atoms with E-state index in [2.05, 4.69) is 55.7 Å². The molecule has 0 radical (unpaired) electrons. The van der Waals surface area contributed by atoms with E-state index in [4.69, 9.17) is 0 Å². The highest BCUT2D eigenvalue weighted by molar-refractivity contribution is 5.88. The number of nitrogens with one attached hydrogen (secondary N) is 2. The van der Waals surface area contributed by atoms with E-state index in [1.165, 1.54) is 23.3 Å². The van der Waals surface area contributed by atoms with Gasteiger partial charge in [-0.15, -0.1) is 0 Å². The van der Waals surface area contributed by atoms with Crippen LogP contribution in [0.3, 0.4) is 0 Å². The Balaban J connectivity index is 1.53. The molecule has 5 nitrogen and oxygen atoms in total. The molecule has 2 aromatic carbocycles. The van der Waals surface area contributed by atoms with Crippen LogP contribution in [0.4, 0.5) is 8.78 Å². The van der Waals surface area contributed by atoms with Gasteiger partial charge in [-0.05, 0) is 66.3 Å². The molecule has 2 aliphatic rings. The molecule has 40 heavy (non-hydrogen) atoms. The van der Waals surface area contributed by atoms with E-state index >= 15 is 0 Å². The zero-order valence-electron chi connectivity index (χ0n) is 24.1. The zero-order chi connectivity index (χ0) is 28.9. The number of benzene rings is 2. The molecule has 7 heteroatoms. The van der Waals surface area contributed by atoms with E-state index in [0.29, 0.717) is 18.4 Å². The average molecular weight is 555 g/mol. The fourth-order valence-corrected chi connectivity index (χ4v) is 6.31. The van der Waals surface area contributed by atoms with Gasteiger partial charge < -0.3 is 15.7 Å². The van der Waals surface area contributed by atoms with Gasteiger partial charge in [0.05, 0.1) is 12.1 Å². The van der Waals surface area contributed by atoms with Gasteiger partial charge in [0.1, 0.15) is 17.4 Å². The molecule has 4 rings (SSSR count). The average Bonchev–Trinajstić information content (AvgIpc) is 3.30. The number of halogens is 2. The van der Waals surface area contributed by atoms with Gasteiger partial charge in [0.15, 0.2) is 0 Å². The second kappa shape index (κ2) is 12.9. The van der Waals surface area contributed by atoms with Crippen molar-refractivity contribution in [2.45, 2.75) is 108 Å². The fourth-order valence-electron chi connectivity index (χ4n) is 6.31. The van der Waals surface area contributed by atoms with E-state index in [0.717, 1.165) is 44.6 Å². The minimum atomic E-state index is -1.01. The summed E-state index contributed by atoms with van der Waals surface area (Å²) in [5.41, 5.74) is 2.48. The Morgan fingerprint density at radius 3 is 2.38 bits per heavy atom. The summed E-state index contributed by atoms with van der Waals surface area (Å²) in [5.74, 6) is -1.94. The number of Topliss-reactive ketones (excluding diaryl/α,β-unsaturated/α-hetero) is 1. The molecule has 0 bridgehead atoms. The molecule has 0 spiro atoms. The number of carbonyl (C=O) groups excluding carboxylic acids is 2. The van der Waals surface area contributed by atoms with Crippen molar-refractivity contribution in [3.05, 3.63) is 70.8 Å². The number of rotatable bonds is 10. The van der Waals surface area contributed by atoms with Gasteiger partial charge in [0.25, 0.3) is 0 Å². The van der Waals surface area contributed by atoms with Crippen molar-refractivity contribution >= 4 is 11.7 Å². The summed E-state index contributed by atoms with van der Waals surface area (Å²) in [5, 5.41) is 18.0. The van der Waals surface area contributed by atoms with Crippen LogP contribution in [-0.2, 0) is 27.0 Å². The summed E-state index contributed by atoms with van der Waals surface area (Å²) in [6, 6.07) is 11.1. The number of hydrogen-bond donors (Lipinski definition) is 3. The number of carbonyl (C=O) groups is 2. The number of amides is 1. The largest absolute Gasteiger partial charge is 0.390 e. The smallest absolute Gasteiger partial charge is 0.221 e. The van der Waals surface area contributed by atoms with Crippen LogP contribution in [0.15, 0.2) is 42.5 Å². The van der Waals surface area contributed by atoms with Gasteiger partial charge in [-0.25, -0.2) is 8.78 Å². The minimum absolute atomic E-state index is 0.00168. The van der Waals surface area contributed by atoms with Crippen LogP contribution in [0, 0.1) is 17.6 Å². The summed E-state index contributed by atoms with van der Waals surface area (Å²) >= 11 is 0. The minimum Gasteiger partial charge on any atom is -0.390 e. The molecule has 3 atom stereocenters. The van der Waals surface area contributed by atoms with E-state index in [-0.39, 0.29) is 47.9 Å². The summed E-state index contributed by atoms with van der Waals surface area (Å²) in [4.78, 5) is 25.1. The third-order valence-electron chi connectivity index (χ3n) is 8.69. The zero-order valence-corrected chi connectivity index (χ0v) is 24.1. The van der Waals surface area contributed by atoms with Gasteiger partial charge in [-0.3, -0.25) is 9.59 Å². The molecule has 3 unspecified atom stereocenters. The highest BCUT2D eigenvalue weighted by Crippen LogP contribution is 2.38. The van der Waals surface area contributed by atoms with Crippen molar-refractivity contribution in [3.63, 3.8) is 0 Å². The maximum Gasteiger partial charge on any atom is 0.221 e. The molecule has 0 aromatic heterocycles. The van der Waals surface area contributed by atoms with Gasteiger partial charge >= 0.3 is 0 Å². The lowest BCUT2D eigenvalue weighted by atomic mass is 9.74. The monoisotopic (exact) mass is 554 g/mol. The van der Waals surface area contributed by atoms with Crippen LogP contribution in [0.5, 0.6) is 0 Å². The van der Waals surface area contributed by atoms with Crippen LogP contribution >= 0.6 is 0 Å². The first-order valence-electron chi connectivity index (χ1n) is 14.8. The van der Waals surface area contributed by atoms with Crippen molar-refractivity contribution in [2.75, 3.05) is 6.54 Å². The first-order chi connectivity index (χ1) is 18.9. The quantitative estimate of drug-likeness (QED) is 0.344. The maximum atomic E-state index is 14.0. The third kappa shape index (κ3) is 7.76. The van der Waals surface area contributed by atoms with Crippen LogP contribution in [0.2, 0.25) is 0 Å². The highest BCUT2D eigenvalue weighted by Gasteiger charge is 2.36. The van der Waals surface area contributed by atoms with Gasteiger partial charge in [-0.1, -0.05) is 64.3 Å². The normalized spacial score (nSPS) is 20.8. The second-order valence-electron chi connectivity index (χ2n) is 12.8. The van der Waals surface area contributed by atoms with E-state index in [1.54, 1.807) is 0 Å². The lowest BCUT2D eigenvalue weighted by Gasteiger charge is -2.41. The topological polar surface area (TPSA) is 78.4 Å². The van der Waals surface area contributed by atoms with Crippen LogP contribution < -0.4 is 10.6 Å². The third-order valence-corrected chi connectivity index (χ3v) is 8.69. The number of aliphatic hydroxyl groups excluding tert-OH is 1. The van der Waals surface area contributed by atoms with Crippen molar-refractivity contribution in [2.24, 2.45) is 5.92 Å². The first-order valence-corrected chi connectivity index (χ1v) is 14.8. The Bertz CT molecular complexity index is 1170. The van der Waals surface area contributed by atoms with Crippen molar-refractivity contribution < 1.29 is 23.5 Å². The van der Waals surface area contributed by atoms with Gasteiger partial charge in [0.2, 0.25) is 5.91 Å². The molecule has 3 N–H and O–H groups in total. The molecule has 218 valence electrons. The Labute approximate surface area is 237 Å². The second-order valence-corrected chi connectivity index (χ2v) is 12.8.